The van der Waals surface area contributed by atoms with Crippen molar-refractivity contribution in [1.29, 1.82) is 5.26 Å². The van der Waals surface area contributed by atoms with E-state index in [4.69, 9.17) is 22.2 Å². The minimum absolute atomic E-state index is 0.141. The molecule has 2 aromatic carbocycles. The molecule has 1 N–H and O–H groups in total. The molecule has 0 saturated carbocycles. The lowest BCUT2D eigenvalue weighted by atomic mass is 9.99. The Morgan fingerprint density at radius 1 is 1.26 bits per heavy atom. The number of fused-ring (bicyclic) bond motifs is 1. The lowest BCUT2D eigenvalue weighted by Crippen LogP contribution is -2.51. The Hall–Kier alpha value is -3.56. The van der Waals surface area contributed by atoms with E-state index in [0.717, 1.165) is 28.0 Å². The number of hydrogen-bond acceptors (Lipinski definition) is 5. The zero-order valence-electron chi connectivity index (χ0n) is 17.8. The summed E-state index contributed by atoms with van der Waals surface area (Å²) in [5, 5.41) is 11.3. The van der Waals surface area contributed by atoms with Crippen molar-refractivity contribution in [3.63, 3.8) is 0 Å². The maximum absolute atomic E-state index is 15.2. The van der Waals surface area contributed by atoms with Crippen molar-refractivity contribution < 1.29 is 31.9 Å². The molecule has 0 radical (unpaired) electrons. The third-order valence-corrected chi connectivity index (χ3v) is 6.12. The predicted octanol–water partition coefficient (Wildman–Crippen LogP) is 3.50. The molecule has 1 atom stereocenters. The number of amides is 2. The molecule has 12 heteroatoms. The van der Waals surface area contributed by atoms with E-state index >= 15 is 4.39 Å². The van der Waals surface area contributed by atoms with Crippen LogP contribution in [0.3, 0.4) is 0 Å². The highest BCUT2D eigenvalue weighted by Crippen LogP contribution is 2.41. The Kier molecular flexibility index (Phi) is 5.58. The number of nitrogens with zero attached hydrogens (tertiary/aromatic N) is 3. The maximum atomic E-state index is 15.2. The molecule has 2 aromatic rings. The van der Waals surface area contributed by atoms with Crippen molar-refractivity contribution in [2.24, 2.45) is 0 Å². The maximum Gasteiger partial charge on any atom is 0.417 e. The molecule has 0 aromatic heterocycles. The zero-order chi connectivity index (χ0) is 25.0. The number of carbonyl (C=O) groups excluding carboxylic acids is 2. The van der Waals surface area contributed by atoms with Gasteiger partial charge in [0.15, 0.2) is 5.11 Å². The van der Waals surface area contributed by atoms with Gasteiger partial charge in [0.1, 0.15) is 11.4 Å². The quantitative estimate of drug-likeness (QED) is 0.520. The number of anilines is 2. The van der Waals surface area contributed by atoms with Crippen molar-refractivity contribution in [3.8, 4) is 6.07 Å². The number of thiocarbonyl (C=S) groups is 1. The van der Waals surface area contributed by atoms with E-state index in [9.17, 15) is 22.8 Å². The van der Waals surface area contributed by atoms with Crippen LogP contribution >= 0.6 is 12.2 Å². The van der Waals surface area contributed by atoms with Gasteiger partial charge < -0.3 is 10.1 Å². The summed E-state index contributed by atoms with van der Waals surface area (Å²) >= 11 is 5.44. The van der Waals surface area contributed by atoms with Crippen LogP contribution in [0.1, 0.15) is 34.0 Å². The molecule has 1 saturated heterocycles. The molecule has 2 aliphatic heterocycles. The van der Waals surface area contributed by atoms with E-state index in [1.807, 2.05) is 0 Å². The highest BCUT2D eigenvalue weighted by molar-refractivity contribution is 7.81. The largest absolute Gasteiger partial charge is 0.417 e. The minimum atomic E-state index is -4.86. The van der Waals surface area contributed by atoms with Gasteiger partial charge in [0.05, 0.1) is 35.2 Å². The average molecular weight is 492 g/mol. The molecule has 2 heterocycles. The Morgan fingerprint density at radius 3 is 2.59 bits per heavy atom. The second kappa shape index (κ2) is 8.03. The number of nitriles is 1. The number of nitrogens with one attached hydrogen (secondary N) is 1. The molecule has 4 rings (SSSR count). The van der Waals surface area contributed by atoms with Gasteiger partial charge in [0.2, 0.25) is 0 Å². The predicted molar refractivity (Wildman–Crippen MR) is 117 cm³/mol. The van der Waals surface area contributed by atoms with Crippen LogP contribution in [0.5, 0.6) is 0 Å². The van der Waals surface area contributed by atoms with Gasteiger partial charge in [-0.25, -0.2) is 4.39 Å². The summed E-state index contributed by atoms with van der Waals surface area (Å²) in [7, 11) is 1.30. The summed E-state index contributed by atoms with van der Waals surface area (Å²) in [6, 6.07) is 6.61. The normalized spacial score (nSPS) is 20.0. The third kappa shape index (κ3) is 3.48. The molecule has 1 unspecified atom stereocenters. The van der Waals surface area contributed by atoms with Crippen molar-refractivity contribution in [1.82, 2.24) is 5.32 Å². The Morgan fingerprint density at radius 2 is 1.97 bits per heavy atom. The molecular formula is C22H16F4N4O3S. The van der Waals surface area contributed by atoms with Crippen molar-refractivity contribution in [2.75, 3.05) is 23.5 Å². The monoisotopic (exact) mass is 492 g/mol. The number of alkyl halides is 3. The second-order valence-electron chi connectivity index (χ2n) is 7.95. The zero-order valence-corrected chi connectivity index (χ0v) is 18.6. The standard InChI is InChI=1S/C22H16F4N4O3S/c1-21(10-33-2)19(32)29(13-4-3-11(8-27)15(6-13)22(24,25)26)20(34)30(21)17-7-14-12(5-16(17)23)9-28-18(14)31/h3-7H,9-10H2,1-2H3,(H,28,31). The molecular weight excluding hydrogens is 476 g/mol. The fourth-order valence-corrected chi connectivity index (χ4v) is 4.63. The molecule has 1 fully saturated rings. The van der Waals surface area contributed by atoms with E-state index in [1.54, 1.807) is 0 Å². The number of carbonyl (C=O) groups is 2. The molecule has 34 heavy (non-hydrogen) atoms. The van der Waals surface area contributed by atoms with Gasteiger partial charge in [-0.3, -0.25) is 19.4 Å². The Bertz CT molecular complexity index is 1290. The van der Waals surface area contributed by atoms with E-state index in [2.05, 4.69) is 5.32 Å². The van der Waals surface area contributed by atoms with Crippen LogP contribution in [-0.2, 0) is 22.3 Å². The first kappa shape index (κ1) is 23.6. The van der Waals surface area contributed by atoms with E-state index in [1.165, 1.54) is 26.2 Å². The third-order valence-electron chi connectivity index (χ3n) is 5.75. The highest BCUT2D eigenvalue weighted by Gasteiger charge is 2.54. The molecule has 2 aliphatic rings. The summed E-state index contributed by atoms with van der Waals surface area (Å²) in [4.78, 5) is 27.6. The molecule has 2 amide bonds. The fourth-order valence-electron chi connectivity index (χ4n) is 4.14. The number of halogens is 4. The van der Waals surface area contributed by atoms with E-state index in [0.29, 0.717) is 11.6 Å². The summed E-state index contributed by atoms with van der Waals surface area (Å²) in [5.41, 5.74) is -3.32. The molecule has 0 bridgehead atoms. The summed E-state index contributed by atoms with van der Waals surface area (Å²) < 4.78 is 60.9. The van der Waals surface area contributed by atoms with Crippen LogP contribution in [0.15, 0.2) is 30.3 Å². The van der Waals surface area contributed by atoms with Gasteiger partial charge >= 0.3 is 6.18 Å². The first-order valence-electron chi connectivity index (χ1n) is 9.83. The second-order valence-corrected chi connectivity index (χ2v) is 8.31. The van der Waals surface area contributed by atoms with Crippen LogP contribution in [-0.4, -0.2) is 36.2 Å². The van der Waals surface area contributed by atoms with Crippen LogP contribution in [0.4, 0.5) is 28.9 Å². The SMILES string of the molecule is COCC1(C)C(=O)N(c2ccc(C#N)c(C(F)(F)F)c2)C(=S)N1c1cc2c(cc1F)CNC2=O. The average Bonchev–Trinajstić information content (AvgIpc) is 3.21. The van der Waals surface area contributed by atoms with Gasteiger partial charge in [0, 0.05) is 19.2 Å². The van der Waals surface area contributed by atoms with Crippen molar-refractivity contribution >= 4 is 40.5 Å². The van der Waals surface area contributed by atoms with Crippen LogP contribution < -0.4 is 15.1 Å². The van der Waals surface area contributed by atoms with Crippen LogP contribution in [0.25, 0.3) is 0 Å². The number of ether oxygens (including phenoxy) is 1. The van der Waals surface area contributed by atoms with Gasteiger partial charge in [0.25, 0.3) is 11.8 Å². The first-order valence-corrected chi connectivity index (χ1v) is 10.2. The fraction of sp³-hybridized carbons (Fsp3) is 0.273. The Balaban J connectivity index is 1.88. The molecule has 7 nitrogen and oxygen atoms in total. The van der Waals surface area contributed by atoms with Gasteiger partial charge in [-0.2, -0.15) is 18.4 Å². The molecule has 176 valence electrons. The Labute approximate surface area is 196 Å². The minimum Gasteiger partial charge on any atom is -0.382 e. The van der Waals surface area contributed by atoms with E-state index in [-0.39, 0.29) is 35.2 Å². The highest BCUT2D eigenvalue weighted by atomic mass is 32.1. The number of hydrogen-bond donors (Lipinski definition) is 1. The van der Waals surface area contributed by atoms with Crippen LogP contribution in [0, 0.1) is 17.1 Å². The van der Waals surface area contributed by atoms with Crippen molar-refractivity contribution in [2.45, 2.75) is 25.2 Å². The van der Waals surface area contributed by atoms with E-state index < -0.39 is 40.5 Å². The van der Waals surface area contributed by atoms with Gasteiger partial charge in [-0.1, -0.05) is 0 Å². The van der Waals surface area contributed by atoms with Crippen LogP contribution in [0.2, 0.25) is 0 Å². The number of methoxy groups -OCH3 is 1. The molecule has 0 aliphatic carbocycles. The lowest BCUT2D eigenvalue weighted by Gasteiger charge is -2.32. The first-order chi connectivity index (χ1) is 15.9. The topological polar surface area (TPSA) is 85.7 Å². The number of benzene rings is 2. The summed E-state index contributed by atoms with van der Waals surface area (Å²) in [5.74, 6) is -1.97. The van der Waals surface area contributed by atoms with Crippen molar-refractivity contribution in [3.05, 3.63) is 58.4 Å². The lowest BCUT2D eigenvalue weighted by molar-refractivity contribution is -0.137. The summed E-state index contributed by atoms with van der Waals surface area (Å²) in [6.07, 6.45) is -4.86. The van der Waals surface area contributed by atoms with Gasteiger partial charge in [-0.05, 0) is 55.0 Å². The van der Waals surface area contributed by atoms with Gasteiger partial charge in [-0.15, -0.1) is 0 Å². The smallest absolute Gasteiger partial charge is 0.382 e. The molecule has 0 spiro atoms. The number of rotatable bonds is 4. The summed E-state index contributed by atoms with van der Waals surface area (Å²) in [6.45, 7) is 1.27.